The monoisotopic (exact) mass is 311 g/mol. The molecule has 1 amide bonds. The van der Waals surface area contributed by atoms with Crippen molar-refractivity contribution >= 4 is 23.6 Å². The Hall–Kier alpha value is -1.89. The van der Waals surface area contributed by atoms with Gasteiger partial charge in [0.15, 0.2) is 11.5 Å². The van der Waals surface area contributed by atoms with Crippen LogP contribution in [0.25, 0.3) is 0 Å². The van der Waals surface area contributed by atoms with Gasteiger partial charge in [0.25, 0.3) is 5.91 Å². The fourth-order valence-electron chi connectivity index (χ4n) is 1.98. The zero-order valence-corrected chi connectivity index (χ0v) is 12.4. The maximum Gasteiger partial charge on any atom is 0.326 e. The Morgan fingerprint density at radius 1 is 1.38 bits per heavy atom. The van der Waals surface area contributed by atoms with E-state index in [-0.39, 0.29) is 0 Å². The number of thioether (sulfide) groups is 1. The maximum absolute atomic E-state index is 12.3. The van der Waals surface area contributed by atoms with Gasteiger partial charge in [-0.1, -0.05) is 6.07 Å². The maximum atomic E-state index is 12.3. The lowest BCUT2D eigenvalue weighted by atomic mass is 10.1. The number of hydrogen-bond donors (Lipinski definition) is 2. The van der Waals surface area contributed by atoms with Crippen LogP contribution in [0.3, 0.4) is 0 Å². The van der Waals surface area contributed by atoms with Gasteiger partial charge in [-0.3, -0.25) is 4.79 Å². The molecule has 0 aromatic heterocycles. The Bertz CT molecular complexity index is 534. The van der Waals surface area contributed by atoms with Crippen molar-refractivity contribution in [3.8, 4) is 11.5 Å². The molecule has 0 saturated heterocycles. The van der Waals surface area contributed by atoms with Crippen molar-refractivity contribution in [2.24, 2.45) is 0 Å². The molecule has 21 heavy (non-hydrogen) atoms. The van der Waals surface area contributed by atoms with Gasteiger partial charge in [0.05, 0.1) is 5.56 Å². The van der Waals surface area contributed by atoms with Crippen LogP contribution in [-0.4, -0.2) is 48.2 Å². The number of para-hydroxylation sites is 1. The first kappa shape index (κ1) is 15.5. The molecule has 0 radical (unpaired) electrons. The molecule has 1 aliphatic heterocycles. The van der Waals surface area contributed by atoms with Gasteiger partial charge in [-0.05, 0) is 30.6 Å². The molecule has 1 aromatic carbocycles. The predicted molar refractivity (Wildman–Crippen MR) is 79.3 cm³/mol. The Morgan fingerprint density at radius 2 is 2.14 bits per heavy atom. The van der Waals surface area contributed by atoms with Gasteiger partial charge in [0.2, 0.25) is 0 Å². The lowest BCUT2D eigenvalue weighted by molar-refractivity contribution is -0.139. The molecule has 1 unspecified atom stereocenters. The third-order valence-corrected chi connectivity index (χ3v) is 3.67. The molecule has 1 heterocycles. The molecule has 0 saturated carbocycles. The highest BCUT2D eigenvalue weighted by atomic mass is 32.2. The van der Waals surface area contributed by atoms with E-state index in [1.54, 1.807) is 18.2 Å². The van der Waals surface area contributed by atoms with Gasteiger partial charge in [-0.15, -0.1) is 0 Å². The van der Waals surface area contributed by atoms with Gasteiger partial charge in [-0.2, -0.15) is 11.8 Å². The Labute approximate surface area is 126 Å². The van der Waals surface area contributed by atoms with Crippen LogP contribution in [0.4, 0.5) is 0 Å². The smallest absolute Gasteiger partial charge is 0.326 e. The third kappa shape index (κ3) is 3.81. The van der Waals surface area contributed by atoms with Crippen LogP contribution in [0.1, 0.15) is 16.8 Å². The third-order valence-electron chi connectivity index (χ3n) is 3.02. The molecule has 7 heteroatoms. The molecule has 0 bridgehead atoms. The van der Waals surface area contributed by atoms with Crippen LogP contribution < -0.4 is 14.8 Å². The number of benzene rings is 1. The molecule has 0 fully saturated rings. The first-order chi connectivity index (χ1) is 10.1. The number of ether oxygens (including phenoxy) is 2. The van der Waals surface area contributed by atoms with Gasteiger partial charge in [-0.25, -0.2) is 4.79 Å². The normalized spacial score (nSPS) is 14.3. The summed E-state index contributed by atoms with van der Waals surface area (Å²) in [7, 11) is 0. The molecule has 2 rings (SSSR count). The number of carboxylic acid groups (broad SMARTS) is 1. The number of carboxylic acids is 1. The molecular formula is C14H17NO5S. The van der Waals surface area contributed by atoms with E-state index in [0.717, 1.165) is 0 Å². The lowest BCUT2D eigenvalue weighted by Crippen LogP contribution is -2.41. The van der Waals surface area contributed by atoms with Gasteiger partial charge in [0.1, 0.15) is 19.3 Å². The van der Waals surface area contributed by atoms with Crippen molar-refractivity contribution in [1.82, 2.24) is 5.32 Å². The number of aliphatic carboxylic acids is 1. The quantitative estimate of drug-likeness (QED) is 0.826. The molecule has 0 aliphatic carbocycles. The second-order valence-electron chi connectivity index (χ2n) is 4.48. The minimum atomic E-state index is -1.04. The average molecular weight is 311 g/mol. The summed E-state index contributed by atoms with van der Waals surface area (Å²) in [6.45, 7) is 0.801. The van der Waals surface area contributed by atoms with Crippen LogP contribution >= 0.6 is 11.8 Å². The summed E-state index contributed by atoms with van der Waals surface area (Å²) >= 11 is 1.53. The van der Waals surface area contributed by atoms with Crippen molar-refractivity contribution < 1.29 is 24.2 Å². The summed E-state index contributed by atoms with van der Waals surface area (Å²) in [5, 5.41) is 11.7. The van der Waals surface area contributed by atoms with Crippen LogP contribution in [0.15, 0.2) is 18.2 Å². The van der Waals surface area contributed by atoms with E-state index in [2.05, 4.69) is 5.32 Å². The topological polar surface area (TPSA) is 84.9 Å². The molecule has 2 N–H and O–H groups in total. The molecular weight excluding hydrogens is 294 g/mol. The molecule has 114 valence electrons. The van der Waals surface area contributed by atoms with Gasteiger partial charge < -0.3 is 19.9 Å². The van der Waals surface area contributed by atoms with Crippen LogP contribution in [-0.2, 0) is 4.79 Å². The van der Waals surface area contributed by atoms with Gasteiger partial charge >= 0.3 is 5.97 Å². The van der Waals surface area contributed by atoms with E-state index in [0.29, 0.717) is 42.4 Å². The van der Waals surface area contributed by atoms with Crippen LogP contribution in [0, 0.1) is 0 Å². The highest BCUT2D eigenvalue weighted by Gasteiger charge is 2.24. The summed E-state index contributed by atoms with van der Waals surface area (Å²) in [6.07, 6.45) is 2.26. The van der Waals surface area contributed by atoms with E-state index >= 15 is 0 Å². The number of hydrogen-bond acceptors (Lipinski definition) is 5. The lowest BCUT2D eigenvalue weighted by Gasteiger charge is -2.21. The highest BCUT2D eigenvalue weighted by Crippen LogP contribution is 2.33. The zero-order valence-electron chi connectivity index (χ0n) is 11.6. The van der Waals surface area contributed by atoms with E-state index in [1.165, 1.54) is 11.8 Å². The second kappa shape index (κ2) is 7.21. The molecule has 1 aromatic rings. The Kier molecular flexibility index (Phi) is 5.32. The minimum Gasteiger partial charge on any atom is -0.486 e. The summed E-state index contributed by atoms with van der Waals surface area (Å²) in [5.74, 6) is 0.0226. The molecule has 6 nitrogen and oxygen atoms in total. The molecule has 1 atom stereocenters. The Balaban J connectivity index is 2.14. The first-order valence-electron chi connectivity index (χ1n) is 6.54. The average Bonchev–Trinajstić information content (AvgIpc) is 2.50. The van der Waals surface area contributed by atoms with Crippen LogP contribution in [0.2, 0.25) is 0 Å². The van der Waals surface area contributed by atoms with Crippen molar-refractivity contribution in [2.45, 2.75) is 12.5 Å². The fraction of sp³-hybridized carbons (Fsp3) is 0.429. The van der Waals surface area contributed by atoms with E-state index < -0.39 is 17.9 Å². The highest BCUT2D eigenvalue weighted by molar-refractivity contribution is 7.98. The summed E-state index contributed by atoms with van der Waals surface area (Å²) in [4.78, 5) is 23.5. The van der Waals surface area contributed by atoms with E-state index in [1.807, 2.05) is 6.26 Å². The largest absolute Gasteiger partial charge is 0.486 e. The molecule has 1 aliphatic rings. The molecule has 0 spiro atoms. The zero-order chi connectivity index (χ0) is 15.2. The van der Waals surface area contributed by atoms with E-state index in [4.69, 9.17) is 14.6 Å². The fourth-order valence-corrected chi connectivity index (χ4v) is 2.45. The number of carbonyl (C=O) groups excluding carboxylic acids is 1. The second-order valence-corrected chi connectivity index (χ2v) is 5.46. The summed E-state index contributed by atoms with van der Waals surface area (Å²) < 4.78 is 10.9. The predicted octanol–water partition coefficient (Wildman–Crippen LogP) is 1.39. The minimum absolute atomic E-state index is 0.294. The van der Waals surface area contributed by atoms with Crippen LogP contribution in [0.5, 0.6) is 11.5 Å². The van der Waals surface area contributed by atoms with Gasteiger partial charge in [0, 0.05) is 0 Å². The summed E-state index contributed by atoms with van der Waals surface area (Å²) in [6, 6.07) is 4.08. The van der Waals surface area contributed by atoms with Crippen molar-refractivity contribution in [3.63, 3.8) is 0 Å². The number of fused-ring (bicyclic) bond motifs is 1. The number of amides is 1. The first-order valence-corrected chi connectivity index (χ1v) is 7.94. The standard InChI is InChI=1S/C14H17NO5S/c1-21-8-5-10(14(17)18)15-13(16)9-3-2-4-11-12(9)20-7-6-19-11/h2-4,10H,5-8H2,1H3,(H,15,16)(H,17,18). The Morgan fingerprint density at radius 3 is 2.86 bits per heavy atom. The number of carbonyl (C=O) groups is 2. The van der Waals surface area contributed by atoms with Crippen molar-refractivity contribution in [1.29, 1.82) is 0 Å². The number of nitrogens with one attached hydrogen (secondary N) is 1. The van der Waals surface area contributed by atoms with E-state index in [9.17, 15) is 9.59 Å². The number of rotatable bonds is 6. The summed E-state index contributed by atoms with van der Waals surface area (Å²) in [5.41, 5.74) is 0.294. The SMILES string of the molecule is CSCCC(NC(=O)c1cccc2c1OCCO2)C(=O)O. The van der Waals surface area contributed by atoms with Crippen molar-refractivity contribution in [2.75, 3.05) is 25.2 Å². The van der Waals surface area contributed by atoms with Crippen molar-refractivity contribution in [3.05, 3.63) is 23.8 Å².